The number of ether oxygens (including phenoxy) is 1. The summed E-state index contributed by atoms with van der Waals surface area (Å²) in [5.41, 5.74) is 6.43. The van der Waals surface area contributed by atoms with Crippen molar-refractivity contribution in [3.05, 3.63) is 94.1 Å². The molecule has 4 heterocycles. The van der Waals surface area contributed by atoms with Crippen molar-refractivity contribution in [3.63, 3.8) is 0 Å². The number of rotatable bonds is 7. The summed E-state index contributed by atoms with van der Waals surface area (Å²) in [5, 5.41) is 7.42. The van der Waals surface area contributed by atoms with E-state index in [4.69, 9.17) is 19.1 Å². The molecule has 0 saturated carbocycles. The molecular weight excluding hydrogens is 564 g/mol. The van der Waals surface area contributed by atoms with Crippen LogP contribution in [0.2, 0.25) is 0 Å². The van der Waals surface area contributed by atoms with E-state index in [2.05, 4.69) is 44.5 Å². The van der Waals surface area contributed by atoms with Crippen molar-refractivity contribution in [1.82, 2.24) is 19.5 Å². The molecule has 1 fully saturated rings. The van der Waals surface area contributed by atoms with Crippen molar-refractivity contribution in [2.75, 3.05) is 17.2 Å². The Bertz CT molecular complexity index is 2020. The number of aromatic nitrogens is 4. The number of aromatic amines is 1. The third-order valence-electron chi connectivity index (χ3n) is 8.20. The van der Waals surface area contributed by atoms with Crippen molar-refractivity contribution in [2.24, 2.45) is 0 Å². The summed E-state index contributed by atoms with van der Waals surface area (Å²) in [7, 11) is 0. The van der Waals surface area contributed by atoms with Gasteiger partial charge in [-0.3, -0.25) is 9.78 Å². The molecule has 0 radical (unpaired) electrons. The second-order valence-electron chi connectivity index (χ2n) is 11.1. The van der Waals surface area contributed by atoms with Crippen LogP contribution in [-0.2, 0) is 24.1 Å². The van der Waals surface area contributed by atoms with Gasteiger partial charge in [-0.1, -0.05) is 35.6 Å². The number of fused-ring (bicyclic) bond motifs is 3. The molecule has 43 heavy (non-hydrogen) atoms. The van der Waals surface area contributed by atoms with Crippen LogP contribution in [0.25, 0.3) is 32.8 Å². The number of hydrogen-bond acceptors (Lipinski definition) is 8. The number of nitrogens with zero attached hydrogens (tertiary/aromatic N) is 3. The highest BCUT2D eigenvalue weighted by atomic mass is 32.1. The number of oxazole rings is 1. The molecule has 1 aliphatic heterocycles. The Labute approximate surface area is 249 Å². The number of benzene rings is 3. The molecule has 0 unspecified atom stereocenters. The van der Waals surface area contributed by atoms with Crippen LogP contribution in [0, 0.1) is 0 Å². The molecule has 10 nitrogen and oxygen atoms in total. The van der Waals surface area contributed by atoms with E-state index in [-0.39, 0.29) is 12.0 Å². The van der Waals surface area contributed by atoms with Crippen molar-refractivity contribution < 1.29 is 13.9 Å². The molecule has 6 aromatic rings. The van der Waals surface area contributed by atoms with E-state index >= 15 is 0 Å². The lowest BCUT2D eigenvalue weighted by Crippen LogP contribution is -2.19. The molecule has 1 saturated heterocycles. The summed E-state index contributed by atoms with van der Waals surface area (Å²) in [6.07, 6.45) is 5.95. The minimum absolute atomic E-state index is 0.0823. The van der Waals surface area contributed by atoms with Gasteiger partial charge >= 0.3 is 5.76 Å². The van der Waals surface area contributed by atoms with Gasteiger partial charge in [0.05, 0.1) is 40.3 Å². The SMILES string of the molecule is O=C(Nc1ccc2[nH]c(=O)oc2c1)c1ccc2nc(-c3cnc(NC4Cc5ccccc5C4)s3)n(C[C@@H]3CCCO3)c2c1. The number of anilines is 2. The number of imidazole rings is 1. The normalized spacial score (nSPS) is 16.7. The summed E-state index contributed by atoms with van der Waals surface area (Å²) in [5.74, 6) is 0.0100. The van der Waals surface area contributed by atoms with Gasteiger partial charge in [0, 0.05) is 30.0 Å². The van der Waals surface area contributed by atoms with Gasteiger partial charge in [-0.25, -0.2) is 14.8 Å². The predicted molar refractivity (Wildman–Crippen MR) is 166 cm³/mol. The molecule has 0 bridgehead atoms. The van der Waals surface area contributed by atoms with Crippen LogP contribution in [0.5, 0.6) is 0 Å². The zero-order valence-corrected chi connectivity index (χ0v) is 23.9. The quantitative estimate of drug-likeness (QED) is 0.220. The number of nitrogens with one attached hydrogen (secondary N) is 3. The first-order valence-electron chi connectivity index (χ1n) is 14.4. The molecule has 1 aliphatic carbocycles. The fraction of sp³-hybridized carbons (Fsp3) is 0.250. The number of thiazole rings is 1. The summed E-state index contributed by atoms with van der Waals surface area (Å²) in [4.78, 5) is 38.1. The van der Waals surface area contributed by atoms with Gasteiger partial charge in [0.15, 0.2) is 16.5 Å². The van der Waals surface area contributed by atoms with Gasteiger partial charge in [-0.05, 0) is 67.1 Å². The van der Waals surface area contributed by atoms with Gasteiger partial charge in [0.2, 0.25) is 0 Å². The molecular formula is C32H28N6O4S. The minimum Gasteiger partial charge on any atom is -0.408 e. The van der Waals surface area contributed by atoms with E-state index in [0.717, 1.165) is 59.2 Å². The average molecular weight is 593 g/mol. The first kappa shape index (κ1) is 25.9. The molecule has 3 N–H and O–H groups in total. The maximum Gasteiger partial charge on any atom is 0.417 e. The third-order valence-corrected chi connectivity index (χ3v) is 9.13. The molecule has 216 valence electrons. The van der Waals surface area contributed by atoms with Crippen molar-refractivity contribution in [3.8, 4) is 10.7 Å². The molecule has 3 aromatic carbocycles. The third kappa shape index (κ3) is 5.00. The van der Waals surface area contributed by atoms with Crippen LogP contribution in [-0.4, -0.2) is 44.2 Å². The molecule has 1 atom stereocenters. The fourth-order valence-corrected chi connectivity index (χ4v) is 7.03. The fourth-order valence-electron chi connectivity index (χ4n) is 6.14. The Hall–Kier alpha value is -4.74. The predicted octanol–water partition coefficient (Wildman–Crippen LogP) is 5.60. The number of H-pyrrole nitrogens is 1. The van der Waals surface area contributed by atoms with Gasteiger partial charge in [0.1, 0.15) is 0 Å². The maximum absolute atomic E-state index is 13.3. The van der Waals surface area contributed by atoms with Gasteiger partial charge < -0.3 is 24.4 Å². The Morgan fingerprint density at radius 1 is 1.09 bits per heavy atom. The van der Waals surface area contributed by atoms with Gasteiger partial charge in [-0.2, -0.15) is 0 Å². The molecule has 0 spiro atoms. The van der Waals surface area contributed by atoms with E-state index in [1.165, 1.54) is 11.1 Å². The average Bonchev–Trinajstić information content (AvgIpc) is 3.83. The van der Waals surface area contributed by atoms with E-state index in [0.29, 0.717) is 34.9 Å². The lowest BCUT2D eigenvalue weighted by Gasteiger charge is -2.14. The Balaban J connectivity index is 1.09. The molecule has 2 aliphatic rings. The number of hydrogen-bond donors (Lipinski definition) is 3. The largest absolute Gasteiger partial charge is 0.417 e. The van der Waals surface area contributed by atoms with Crippen LogP contribution in [0.1, 0.15) is 34.3 Å². The van der Waals surface area contributed by atoms with E-state index in [9.17, 15) is 9.59 Å². The van der Waals surface area contributed by atoms with Crippen LogP contribution in [0.3, 0.4) is 0 Å². The monoisotopic (exact) mass is 592 g/mol. The Kier molecular flexibility index (Phi) is 6.34. The first-order chi connectivity index (χ1) is 21.1. The lowest BCUT2D eigenvalue weighted by molar-refractivity contribution is 0.0983. The highest BCUT2D eigenvalue weighted by Crippen LogP contribution is 2.34. The van der Waals surface area contributed by atoms with E-state index in [1.807, 2.05) is 18.3 Å². The summed E-state index contributed by atoms with van der Waals surface area (Å²) in [6.45, 7) is 1.39. The summed E-state index contributed by atoms with van der Waals surface area (Å²) >= 11 is 1.59. The van der Waals surface area contributed by atoms with Crippen LogP contribution < -0.4 is 16.4 Å². The Morgan fingerprint density at radius 3 is 2.77 bits per heavy atom. The molecule has 8 rings (SSSR count). The highest BCUT2D eigenvalue weighted by Gasteiger charge is 2.25. The molecule has 1 amide bonds. The maximum atomic E-state index is 13.3. The van der Waals surface area contributed by atoms with Gasteiger partial charge in [-0.15, -0.1) is 0 Å². The van der Waals surface area contributed by atoms with Crippen molar-refractivity contribution >= 4 is 50.2 Å². The van der Waals surface area contributed by atoms with Gasteiger partial charge in [0.25, 0.3) is 5.91 Å². The number of carbonyl (C=O) groups excluding carboxylic acids is 1. The van der Waals surface area contributed by atoms with E-state index < -0.39 is 5.76 Å². The van der Waals surface area contributed by atoms with Crippen molar-refractivity contribution in [1.29, 1.82) is 0 Å². The second kappa shape index (κ2) is 10.5. The summed E-state index contributed by atoms with van der Waals surface area (Å²) < 4.78 is 13.3. The topological polar surface area (TPSA) is 127 Å². The molecule has 3 aromatic heterocycles. The second-order valence-corrected chi connectivity index (χ2v) is 12.1. The summed E-state index contributed by atoms with van der Waals surface area (Å²) in [6, 6.07) is 19.5. The molecule has 11 heteroatoms. The standard InChI is InChI=1S/C32H28N6O4S/c39-30(34-21-8-10-25-27(15-21)42-32(40)37-25)20-7-9-24-26(14-20)38(17-23-6-3-11-41-23)29(36-24)28-16-33-31(43-28)35-22-12-18-4-1-2-5-19(18)13-22/h1-2,4-5,7-10,14-16,22-23H,3,6,11-13,17H2,(H,33,35)(H,34,39)(H,37,40)/t23-/m0/s1. The van der Waals surface area contributed by atoms with Crippen LogP contribution in [0.15, 0.2) is 76.1 Å². The number of carbonyl (C=O) groups is 1. The highest BCUT2D eigenvalue weighted by molar-refractivity contribution is 7.18. The van der Waals surface area contributed by atoms with Crippen LogP contribution in [0.4, 0.5) is 10.8 Å². The lowest BCUT2D eigenvalue weighted by atomic mass is 10.1. The Morgan fingerprint density at radius 2 is 1.95 bits per heavy atom. The first-order valence-corrected chi connectivity index (χ1v) is 15.2. The smallest absolute Gasteiger partial charge is 0.408 e. The van der Waals surface area contributed by atoms with E-state index in [1.54, 1.807) is 35.6 Å². The zero-order chi connectivity index (χ0) is 28.9. The zero-order valence-electron chi connectivity index (χ0n) is 23.1. The van der Waals surface area contributed by atoms with Crippen LogP contribution >= 0.6 is 11.3 Å². The van der Waals surface area contributed by atoms with Crippen molar-refractivity contribution in [2.45, 2.75) is 44.4 Å². The minimum atomic E-state index is -0.535. The number of amides is 1.